The number of ether oxygens (including phenoxy) is 1. The van der Waals surface area contributed by atoms with Gasteiger partial charge in [0.05, 0.1) is 18.6 Å². The molecule has 0 heterocycles. The quantitative estimate of drug-likeness (QED) is 0.795. The number of aryl methyl sites for hydroxylation is 3. The molecule has 108 valence electrons. The first-order valence-corrected chi connectivity index (χ1v) is 7.26. The molecule has 0 aliphatic carbocycles. The molecule has 2 rings (SSSR count). The van der Waals surface area contributed by atoms with Gasteiger partial charge in [-0.05, 0) is 49.6 Å². The Morgan fingerprint density at radius 3 is 2.52 bits per heavy atom. The maximum atomic E-state index is 9.43. The summed E-state index contributed by atoms with van der Waals surface area (Å²) in [5, 5.41) is 9.43. The molecule has 2 nitrogen and oxygen atoms in total. The van der Waals surface area contributed by atoms with E-state index in [1.165, 1.54) is 16.7 Å². The van der Waals surface area contributed by atoms with Gasteiger partial charge in [-0.15, -0.1) is 0 Å². The highest BCUT2D eigenvalue weighted by Gasteiger charge is 2.13. The molecule has 0 fully saturated rings. The molecule has 1 unspecified atom stereocenters. The molecule has 0 aromatic heterocycles. The Hall–Kier alpha value is -2.27. The fourth-order valence-electron chi connectivity index (χ4n) is 2.42. The molecular weight excluding hydrogens is 258 g/mol. The zero-order valence-corrected chi connectivity index (χ0v) is 12.9. The number of nitriles is 1. The van der Waals surface area contributed by atoms with Crippen LogP contribution in [0.25, 0.3) is 0 Å². The van der Waals surface area contributed by atoms with Crippen molar-refractivity contribution in [2.24, 2.45) is 0 Å². The fourth-order valence-corrected chi connectivity index (χ4v) is 2.42. The summed E-state index contributed by atoms with van der Waals surface area (Å²) in [6.07, 6.45) is 0.703. The van der Waals surface area contributed by atoms with Crippen LogP contribution in [-0.4, -0.2) is 6.61 Å². The summed E-state index contributed by atoms with van der Waals surface area (Å²) >= 11 is 0. The van der Waals surface area contributed by atoms with Gasteiger partial charge in [0.1, 0.15) is 5.75 Å². The number of nitrogens with zero attached hydrogens (tertiary/aromatic N) is 1. The van der Waals surface area contributed by atoms with Crippen LogP contribution in [0.5, 0.6) is 5.75 Å². The first kappa shape index (κ1) is 15.1. The van der Waals surface area contributed by atoms with Crippen molar-refractivity contribution in [3.63, 3.8) is 0 Å². The third-order valence-corrected chi connectivity index (χ3v) is 3.63. The third kappa shape index (κ3) is 4.10. The van der Waals surface area contributed by atoms with Crippen LogP contribution >= 0.6 is 0 Å². The van der Waals surface area contributed by atoms with Crippen LogP contribution in [-0.2, 0) is 0 Å². The van der Waals surface area contributed by atoms with E-state index in [4.69, 9.17) is 4.74 Å². The first-order chi connectivity index (χ1) is 10.1. The van der Waals surface area contributed by atoms with Gasteiger partial charge in [-0.1, -0.05) is 35.9 Å². The van der Waals surface area contributed by atoms with Gasteiger partial charge in [0.25, 0.3) is 0 Å². The van der Waals surface area contributed by atoms with Gasteiger partial charge in [0, 0.05) is 6.42 Å². The first-order valence-electron chi connectivity index (χ1n) is 7.26. The van der Waals surface area contributed by atoms with Gasteiger partial charge in [-0.2, -0.15) is 5.26 Å². The molecule has 0 saturated heterocycles. The topological polar surface area (TPSA) is 33.0 Å². The minimum Gasteiger partial charge on any atom is -0.494 e. The van der Waals surface area contributed by atoms with E-state index in [0.717, 1.165) is 11.3 Å². The van der Waals surface area contributed by atoms with Crippen molar-refractivity contribution < 1.29 is 4.74 Å². The number of hydrogen-bond donors (Lipinski definition) is 0. The lowest BCUT2D eigenvalue weighted by Gasteiger charge is -2.14. The van der Waals surface area contributed by atoms with Gasteiger partial charge in [-0.3, -0.25) is 0 Å². The van der Waals surface area contributed by atoms with E-state index >= 15 is 0 Å². The average Bonchev–Trinajstić information content (AvgIpc) is 2.47. The Bertz CT molecular complexity index is 655. The van der Waals surface area contributed by atoms with Crippen molar-refractivity contribution in [1.29, 1.82) is 5.26 Å². The van der Waals surface area contributed by atoms with Crippen molar-refractivity contribution in [3.05, 3.63) is 64.7 Å². The Morgan fingerprint density at radius 2 is 1.81 bits per heavy atom. The molecule has 0 amide bonds. The molecule has 0 radical (unpaired) electrons. The van der Waals surface area contributed by atoms with Crippen LogP contribution in [0.4, 0.5) is 0 Å². The van der Waals surface area contributed by atoms with Gasteiger partial charge in [0.2, 0.25) is 0 Å². The smallest absolute Gasteiger partial charge is 0.119 e. The number of rotatable bonds is 5. The molecule has 0 N–H and O–H groups in total. The van der Waals surface area contributed by atoms with Gasteiger partial charge >= 0.3 is 0 Å². The highest BCUT2D eigenvalue weighted by molar-refractivity contribution is 5.36. The lowest BCUT2D eigenvalue weighted by atomic mass is 9.92. The summed E-state index contributed by atoms with van der Waals surface area (Å²) < 4.78 is 5.76. The lowest BCUT2D eigenvalue weighted by molar-refractivity contribution is 0.305. The van der Waals surface area contributed by atoms with E-state index < -0.39 is 0 Å². The molecule has 0 aliphatic rings. The van der Waals surface area contributed by atoms with E-state index in [1.54, 1.807) is 0 Å². The predicted molar refractivity (Wildman–Crippen MR) is 85.6 cm³/mol. The van der Waals surface area contributed by atoms with Crippen LogP contribution in [0.2, 0.25) is 0 Å². The van der Waals surface area contributed by atoms with Gasteiger partial charge in [0.15, 0.2) is 0 Å². The van der Waals surface area contributed by atoms with Crippen molar-refractivity contribution in [1.82, 2.24) is 0 Å². The van der Waals surface area contributed by atoms with Crippen LogP contribution in [0.3, 0.4) is 0 Å². The summed E-state index contributed by atoms with van der Waals surface area (Å²) in [6, 6.07) is 16.7. The van der Waals surface area contributed by atoms with Gasteiger partial charge < -0.3 is 4.74 Å². The molecule has 0 saturated carbocycles. The van der Waals surface area contributed by atoms with Crippen LogP contribution < -0.4 is 4.74 Å². The Labute approximate surface area is 127 Å². The monoisotopic (exact) mass is 279 g/mol. The molecular formula is C19H21NO. The second-order valence-electron chi connectivity index (χ2n) is 5.50. The van der Waals surface area contributed by atoms with Crippen molar-refractivity contribution in [2.45, 2.75) is 33.1 Å². The summed E-state index contributed by atoms with van der Waals surface area (Å²) in [7, 11) is 0. The Balaban J connectivity index is 2.00. The SMILES string of the molecule is Cc1cccc(OCCC(C#N)c2cc(C)ccc2C)c1. The highest BCUT2D eigenvalue weighted by Crippen LogP contribution is 2.24. The highest BCUT2D eigenvalue weighted by atomic mass is 16.5. The molecule has 21 heavy (non-hydrogen) atoms. The zero-order valence-electron chi connectivity index (χ0n) is 12.9. The molecule has 2 aromatic rings. The summed E-state index contributed by atoms with van der Waals surface area (Å²) in [6.45, 7) is 6.71. The fraction of sp³-hybridized carbons (Fsp3) is 0.316. The van der Waals surface area contributed by atoms with Crippen LogP contribution in [0, 0.1) is 32.1 Å². The minimum absolute atomic E-state index is 0.116. The zero-order chi connectivity index (χ0) is 15.2. The van der Waals surface area contributed by atoms with E-state index in [-0.39, 0.29) is 5.92 Å². The van der Waals surface area contributed by atoms with Crippen LogP contribution in [0.1, 0.15) is 34.6 Å². The van der Waals surface area contributed by atoms with E-state index in [9.17, 15) is 5.26 Å². The lowest BCUT2D eigenvalue weighted by Crippen LogP contribution is -2.06. The number of benzene rings is 2. The summed E-state index contributed by atoms with van der Waals surface area (Å²) in [4.78, 5) is 0. The Morgan fingerprint density at radius 1 is 1.05 bits per heavy atom. The van der Waals surface area contributed by atoms with Crippen LogP contribution in [0.15, 0.2) is 42.5 Å². The largest absolute Gasteiger partial charge is 0.494 e. The van der Waals surface area contributed by atoms with E-state index in [2.05, 4.69) is 38.1 Å². The molecule has 0 aliphatic heterocycles. The predicted octanol–water partition coefficient (Wildman–Crippen LogP) is 4.69. The van der Waals surface area contributed by atoms with Gasteiger partial charge in [-0.25, -0.2) is 0 Å². The van der Waals surface area contributed by atoms with Crippen molar-refractivity contribution >= 4 is 0 Å². The van der Waals surface area contributed by atoms with E-state index in [1.807, 2.05) is 31.2 Å². The molecule has 1 atom stereocenters. The van der Waals surface area contributed by atoms with Crippen molar-refractivity contribution in [2.75, 3.05) is 6.61 Å². The minimum atomic E-state index is -0.116. The average molecular weight is 279 g/mol. The molecule has 0 bridgehead atoms. The second-order valence-corrected chi connectivity index (χ2v) is 5.50. The standard InChI is InChI=1S/C19H21NO/c1-14-5-4-6-18(11-14)21-10-9-17(13-20)19-12-15(2)7-8-16(19)3/h4-8,11-12,17H,9-10H2,1-3H3. The van der Waals surface area contributed by atoms with E-state index in [0.29, 0.717) is 13.0 Å². The molecule has 2 heteroatoms. The Kier molecular flexibility index (Phi) is 5.00. The number of hydrogen-bond acceptors (Lipinski definition) is 2. The molecule has 0 spiro atoms. The summed E-state index contributed by atoms with van der Waals surface area (Å²) in [5.74, 6) is 0.752. The maximum absolute atomic E-state index is 9.43. The third-order valence-electron chi connectivity index (χ3n) is 3.63. The second kappa shape index (κ2) is 6.95. The van der Waals surface area contributed by atoms with Crippen molar-refractivity contribution in [3.8, 4) is 11.8 Å². The summed E-state index contributed by atoms with van der Waals surface area (Å²) in [5.41, 5.74) is 4.65. The maximum Gasteiger partial charge on any atom is 0.119 e. The normalized spacial score (nSPS) is 11.7. The molecule has 2 aromatic carbocycles.